The number of anilines is 1. The molecule has 2 nitrogen and oxygen atoms in total. The van der Waals surface area contributed by atoms with Crippen LogP contribution in [-0.4, -0.2) is 6.04 Å². The molecule has 1 rings (SSSR count). The highest BCUT2D eigenvalue weighted by Crippen LogP contribution is 2.24. The molecule has 0 amide bonds. The normalized spacial score (nSPS) is 11.9. The van der Waals surface area contributed by atoms with E-state index in [0.717, 1.165) is 12.1 Å². The topological polar surface area (TPSA) is 35.8 Å². The maximum Gasteiger partial charge on any atom is 0.0992 e. The Bertz CT molecular complexity index is 382. The Morgan fingerprint density at radius 1 is 1.50 bits per heavy atom. The van der Waals surface area contributed by atoms with Crippen molar-refractivity contribution < 1.29 is 0 Å². The van der Waals surface area contributed by atoms with Crippen LogP contribution in [0.1, 0.15) is 38.7 Å². The third-order valence-corrected chi connectivity index (χ3v) is 2.80. The summed E-state index contributed by atoms with van der Waals surface area (Å²) in [4.78, 5) is 0. The van der Waals surface area contributed by atoms with Crippen molar-refractivity contribution >= 4 is 17.3 Å². The fraction of sp³-hybridized carbons (Fsp3) is 0.462. The van der Waals surface area contributed by atoms with Crippen LogP contribution in [0.3, 0.4) is 0 Å². The molecular weight excluding hydrogens is 220 g/mol. The molecule has 1 aromatic carbocycles. The number of nitrogens with zero attached hydrogens (tertiary/aromatic N) is 1. The van der Waals surface area contributed by atoms with E-state index in [1.807, 2.05) is 6.07 Å². The molecule has 16 heavy (non-hydrogen) atoms. The Morgan fingerprint density at radius 3 is 2.81 bits per heavy atom. The fourth-order valence-electron chi connectivity index (χ4n) is 1.55. The Hall–Kier alpha value is -1.20. The molecule has 1 N–H and O–H groups in total. The first kappa shape index (κ1) is 12.9. The summed E-state index contributed by atoms with van der Waals surface area (Å²) in [6.07, 6.45) is 3.54. The predicted octanol–water partition coefficient (Wildman–Crippen LogP) is 4.20. The van der Waals surface area contributed by atoms with Gasteiger partial charge in [-0.2, -0.15) is 5.26 Å². The van der Waals surface area contributed by atoms with Gasteiger partial charge in [0, 0.05) is 6.04 Å². The Labute approximate surface area is 102 Å². The molecule has 0 saturated carbocycles. The highest BCUT2D eigenvalue weighted by molar-refractivity contribution is 6.33. The minimum absolute atomic E-state index is 0.408. The standard InChI is InChI=1S/C13H17ClN2/c1-3-4-5-10(2)16-13-7-6-11(9-15)8-12(13)14/h6-8,10,16H,3-5H2,1-2H3. The summed E-state index contributed by atoms with van der Waals surface area (Å²) < 4.78 is 0. The first-order valence-corrected chi connectivity index (χ1v) is 6.01. The number of nitrogens with one attached hydrogen (secondary N) is 1. The number of benzene rings is 1. The van der Waals surface area contributed by atoms with E-state index in [4.69, 9.17) is 16.9 Å². The molecule has 0 fully saturated rings. The van der Waals surface area contributed by atoms with Crippen molar-refractivity contribution in [2.75, 3.05) is 5.32 Å². The molecule has 0 radical (unpaired) electrons. The minimum atomic E-state index is 0.408. The predicted molar refractivity (Wildman–Crippen MR) is 68.8 cm³/mol. The smallest absolute Gasteiger partial charge is 0.0992 e. The van der Waals surface area contributed by atoms with Crippen LogP contribution in [0.4, 0.5) is 5.69 Å². The first-order valence-electron chi connectivity index (χ1n) is 5.63. The van der Waals surface area contributed by atoms with Gasteiger partial charge in [0.1, 0.15) is 0 Å². The zero-order valence-electron chi connectivity index (χ0n) is 9.76. The van der Waals surface area contributed by atoms with Crippen molar-refractivity contribution in [3.8, 4) is 6.07 Å². The van der Waals surface area contributed by atoms with E-state index in [2.05, 4.69) is 25.2 Å². The van der Waals surface area contributed by atoms with Crippen LogP contribution in [0.2, 0.25) is 5.02 Å². The summed E-state index contributed by atoms with van der Waals surface area (Å²) >= 11 is 6.07. The van der Waals surface area contributed by atoms with E-state index in [1.54, 1.807) is 12.1 Å². The Kier molecular flexibility index (Phi) is 5.14. The summed E-state index contributed by atoms with van der Waals surface area (Å²) in [5.41, 5.74) is 1.50. The Balaban J connectivity index is 2.64. The number of hydrogen-bond acceptors (Lipinski definition) is 2. The van der Waals surface area contributed by atoms with Gasteiger partial charge in [0.25, 0.3) is 0 Å². The number of hydrogen-bond donors (Lipinski definition) is 1. The summed E-state index contributed by atoms with van der Waals surface area (Å²) in [7, 11) is 0. The lowest BCUT2D eigenvalue weighted by Gasteiger charge is -2.15. The second kappa shape index (κ2) is 6.40. The molecule has 1 atom stereocenters. The molecule has 0 bridgehead atoms. The van der Waals surface area contributed by atoms with Gasteiger partial charge >= 0.3 is 0 Å². The number of rotatable bonds is 5. The maximum atomic E-state index is 8.72. The molecule has 0 aliphatic carbocycles. The van der Waals surface area contributed by atoms with Crippen molar-refractivity contribution in [2.24, 2.45) is 0 Å². The van der Waals surface area contributed by atoms with Gasteiger partial charge in [-0.1, -0.05) is 31.4 Å². The van der Waals surface area contributed by atoms with E-state index in [9.17, 15) is 0 Å². The van der Waals surface area contributed by atoms with Crippen molar-refractivity contribution in [1.29, 1.82) is 5.26 Å². The third kappa shape index (κ3) is 3.75. The SMILES string of the molecule is CCCCC(C)Nc1ccc(C#N)cc1Cl. The average Bonchev–Trinajstić information content (AvgIpc) is 2.29. The van der Waals surface area contributed by atoms with E-state index < -0.39 is 0 Å². The summed E-state index contributed by atoms with van der Waals surface area (Å²) in [6, 6.07) is 7.81. The van der Waals surface area contributed by atoms with Gasteiger partial charge in [0.05, 0.1) is 22.3 Å². The lowest BCUT2D eigenvalue weighted by atomic mass is 10.1. The summed E-state index contributed by atoms with van der Waals surface area (Å²) in [5, 5.41) is 12.7. The molecule has 1 unspecified atom stereocenters. The third-order valence-electron chi connectivity index (χ3n) is 2.49. The zero-order chi connectivity index (χ0) is 12.0. The Morgan fingerprint density at radius 2 is 2.25 bits per heavy atom. The molecule has 3 heteroatoms. The van der Waals surface area contributed by atoms with E-state index in [-0.39, 0.29) is 0 Å². The molecule has 0 aromatic heterocycles. The molecule has 0 aliphatic heterocycles. The van der Waals surface area contributed by atoms with Gasteiger partial charge in [0.2, 0.25) is 0 Å². The van der Waals surface area contributed by atoms with Gasteiger partial charge < -0.3 is 5.32 Å². The number of nitriles is 1. The summed E-state index contributed by atoms with van der Waals surface area (Å²) in [6.45, 7) is 4.33. The molecule has 0 saturated heterocycles. The molecule has 1 aromatic rings. The van der Waals surface area contributed by atoms with Crippen molar-refractivity contribution in [3.05, 3.63) is 28.8 Å². The van der Waals surface area contributed by atoms with Crippen LogP contribution in [0.15, 0.2) is 18.2 Å². The summed E-state index contributed by atoms with van der Waals surface area (Å²) in [5.74, 6) is 0. The monoisotopic (exact) mass is 236 g/mol. The second-order valence-electron chi connectivity index (χ2n) is 3.99. The fourth-order valence-corrected chi connectivity index (χ4v) is 1.78. The molecule has 0 spiro atoms. The first-order chi connectivity index (χ1) is 7.67. The highest BCUT2D eigenvalue weighted by Gasteiger charge is 2.05. The average molecular weight is 237 g/mol. The van der Waals surface area contributed by atoms with Gasteiger partial charge in [-0.25, -0.2) is 0 Å². The maximum absolute atomic E-state index is 8.72. The van der Waals surface area contributed by atoms with Gasteiger partial charge in [0.15, 0.2) is 0 Å². The molecule has 0 aliphatic rings. The lowest BCUT2D eigenvalue weighted by molar-refractivity contribution is 0.645. The van der Waals surface area contributed by atoms with E-state index in [1.165, 1.54) is 12.8 Å². The van der Waals surface area contributed by atoms with Crippen molar-refractivity contribution in [3.63, 3.8) is 0 Å². The van der Waals surface area contributed by atoms with Crippen LogP contribution in [0.25, 0.3) is 0 Å². The van der Waals surface area contributed by atoms with Crippen LogP contribution in [0.5, 0.6) is 0 Å². The van der Waals surface area contributed by atoms with Crippen LogP contribution in [0, 0.1) is 11.3 Å². The van der Waals surface area contributed by atoms with Gasteiger partial charge in [-0.05, 0) is 31.5 Å². The van der Waals surface area contributed by atoms with Gasteiger partial charge in [-0.3, -0.25) is 0 Å². The molecule has 86 valence electrons. The highest BCUT2D eigenvalue weighted by atomic mass is 35.5. The minimum Gasteiger partial charge on any atom is -0.381 e. The largest absolute Gasteiger partial charge is 0.381 e. The molecule has 0 heterocycles. The van der Waals surface area contributed by atoms with Crippen molar-refractivity contribution in [2.45, 2.75) is 39.2 Å². The zero-order valence-corrected chi connectivity index (χ0v) is 10.5. The second-order valence-corrected chi connectivity index (χ2v) is 4.40. The number of halogens is 1. The van der Waals surface area contributed by atoms with Crippen LogP contribution < -0.4 is 5.32 Å². The van der Waals surface area contributed by atoms with Crippen molar-refractivity contribution in [1.82, 2.24) is 0 Å². The number of unbranched alkanes of at least 4 members (excludes halogenated alkanes) is 1. The van der Waals surface area contributed by atoms with Gasteiger partial charge in [-0.15, -0.1) is 0 Å². The van der Waals surface area contributed by atoms with E-state index in [0.29, 0.717) is 16.6 Å². The van der Waals surface area contributed by atoms with Crippen LogP contribution in [-0.2, 0) is 0 Å². The lowest BCUT2D eigenvalue weighted by Crippen LogP contribution is -2.15. The van der Waals surface area contributed by atoms with E-state index >= 15 is 0 Å². The molecular formula is C13H17ClN2. The quantitative estimate of drug-likeness (QED) is 0.832. The van der Waals surface area contributed by atoms with Crippen LogP contribution >= 0.6 is 11.6 Å².